The summed E-state index contributed by atoms with van der Waals surface area (Å²) in [5.74, 6) is 0.290. The fourth-order valence-electron chi connectivity index (χ4n) is 2.28. The molecule has 1 fully saturated rings. The SMILES string of the molecule is CC(=O)C(C)(C)C(C)(C)N1CCCCC1. The second-order valence-electron chi connectivity index (χ2n) is 5.79. The molecule has 0 atom stereocenters. The van der Waals surface area contributed by atoms with Crippen LogP contribution < -0.4 is 0 Å². The van der Waals surface area contributed by atoms with Crippen molar-refractivity contribution in [2.75, 3.05) is 13.1 Å². The molecule has 15 heavy (non-hydrogen) atoms. The minimum absolute atomic E-state index is 0.0285. The molecule has 0 aromatic carbocycles. The Morgan fingerprint density at radius 2 is 1.47 bits per heavy atom. The maximum atomic E-state index is 11.7. The van der Waals surface area contributed by atoms with Gasteiger partial charge in [-0.2, -0.15) is 0 Å². The summed E-state index contributed by atoms with van der Waals surface area (Å²) in [6, 6.07) is 0. The maximum absolute atomic E-state index is 11.7. The smallest absolute Gasteiger partial charge is 0.137 e. The van der Waals surface area contributed by atoms with Gasteiger partial charge in [-0.1, -0.05) is 20.3 Å². The first kappa shape index (κ1) is 12.7. The summed E-state index contributed by atoms with van der Waals surface area (Å²) in [5, 5.41) is 0. The number of nitrogens with zero attached hydrogens (tertiary/aromatic N) is 1. The molecule has 0 bridgehead atoms. The van der Waals surface area contributed by atoms with E-state index in [0.717, 1.165) is 13.1 Å². The van der Waals surface area contributed by atoms with E-state index in [9.17, 15) is 4.79 Å². The van der Waals surface area contributed by atoms with Gasteiger partial charge in [0.15, 0.2) is 0 Å². The zero-order chi connectivity index (χ0) is 11.7. The summed E-state index contributed by atoms with van der Waals surface area (Å²) >= 11 is 0. The lowest BCUT2D eigenvalue weighted by molar-refractivity contribution is -0.133. The van der Waals surface area contributed by atoms with E-state index >= 15 is 0 Å². The van der Waals surface area contributed by atoms with Crippen molar-refractivity contribution < 1.29 is 4.79 Å². The number of rotatable bonds is 3. The van der Waals surface area contributed by atoms with Crippen molar-refractivity contribution in [1.82, 2.24) is 4.90 Å². The van der Waals surface area contributed by atoms with E-state index in [4.69, 9.17) is 0 Å². The molecular formula is C13H25NO. The zero-order valence-electron chi connectivity index (χ0n) is 10.9. The molecule has 0 radical (unpaired) electrons. The predicted octanol–water partition coefficient (Wildman–Crippen LogP) is 2.87. The van der Waals surface area contributed by atoms with Gasteiger partial charge >= 0.3 is 0 Å². The Balaban J connectivity index is 2.84. The van der Waals surface area contributed by atoms with Crippen molar-refractivity contribution in [2.24, 2.45) is 5.41 Å². The van der Waals surface area contributed by atoms with Crippen LogP contribution in [0.5, 0.6) is 0 Å². The third-order valence-corrected chi connectivity index (χ3v) is 4.56. The summed E-state index contributed by atoms with van der Waals surface area (Å²) < 4.78 is 0. The number of Topliss-reactive ketones (excluding diaryl/α,β-unsaturated/α-hetero) is 1. The highest BCUT2D eigenvalue weighted by molar-refractivity contribution is 5.83. The lowest BCUT2D eigenvalue weighted by atomic mass is 9.70. The van der Waals surface area contributed by atoms with Crippen LogP contribution >= 0.6 is 0 Å². The number of carbonyl (C=O) groups excluding carboxylic acids is 1. The van der Waals surface area contributed by atoms with Gasteiger partial charge in [0.05, 0.1) is 0 Å². The maximum Gasteiger partial charge on any atom is 0.137 e. The number of carbonyl (C=O) groups is 1. The van der Waals surface area contributed by atoms with Crippen LogP contribution in [0.25, 0.3) is 0 Å². The first-order valence-corrected chi connectivity index (χ1v) is 6.06. The molecule has 0 unspecified atom stereocenters. The molecule has 0 N–H and O–H groups in total. The summed E-state index contributed by atoms with van der Waals surface area (Å²) in [5.41, 5.74) is -0.288. The van der Waals surface area contributed by atoms with Crippen LogP contribution in [-0.4, -0.2) is 29.3 Å². The van der Waals surface area contributed by atoms with Gasteiger partial charge in [0.2, 0.25) is 0 Å². The average molecular weight is 211 g/mol. The molecule has 2 heteroatoms. The normalized spacial score (nSPS) is 20.3. The first-order valence-electron chi connectivity index (χ1n) is 6.06. The summed E-state index contributed by atoms with van der Waals surface area (Å²) in [7, 11) is 0. The molecule has 0 aromatic heterocycles. The lowest BCUT2D eigenvalue weighted by Crippen LogP contribution is -2.57. The monoisotopic (exact) mass is 211 g/mol. The summed E-state index contributed by atoms with van der Waals surface area (Å²) in [4.78, 5) is 14.2. The standard InChI is InChI=1S/C13H25NO/c1-11(15)12(2,3)13(4,5)14-9-7-6-8-10-14/h6-10H2,1-5H3. The van der Waals surface area contributed by atoms with Gasteiger partial charge in [-0.3, -0.25) is 9.69 Å². The third-order valence-electron chi connectivity index (χ3n) is 4.56. The molecule has 1 saturated heterocycles. The molecular weight excluding hydrogens is 186 g/mol. The highest BCUT2D eigenvalue weighted by Crippen LogP contribution is 2.37. The minimum atomic E-state index is -0.260. The molecule has 1 aliphatic rings. The third kappa shape index (κ3) is 2.25. The van der Waals surface area contributed by atoms with Gasteiger partial charge in [-0.25, -0.2) is 0 Å². The van der Waals surface area contributed by atoms with E-state index in [-0.39, 0.29) is 16.7 Å². The van der Waals surface area contributed by atoms with E-state index in [2.05, 4.69) is 32.6 Å². The molecule has 1 rings (SSSR count). The number of ketones is 1. The van der Waals surface area contributed by atoms with Gasteiger partial charge in [0.25, 0.3) is 0 Å². The van der Waals surface area contributed by atoms with Crippen LogP contribution in [0.2, 0.25) is 0 Å². The van der Waals surface area contributed by atoms with E-state index in [1.54, 1.807) is 6.92 Å². The molecule has 0 saturated carbocycles. The van der Waals surface area contributed by atoms with Crippen LogP contribution in [0.15, 0.2) is 0 Å². The quantitative estimate of drug-likeness (QED) is 0.715. The Bertz CT molecular complexity index is 237. The van der Waals surface area contributed by atoms with Crippen LogP contribution in [-0.2, 0) is 4.79 Å². The topological polar surface area (TPSA) is 20.3 Å². The lowest BCUT2D eigenvalue weighted by Gasteiger charge is -2.49. The Kier molecular flexibility index (Phi) is 3.59. The molecule has 88 valence electrons. The van der Waals surface area contributed by atoms with Crippen molar-refractivity contribution in [3.63, 3.8) is 0 Å². The number of likely N-dealkylation sites (tertiary alicyclic amines) is 1. The number of hydrogen-bond donors (Lipinski definition) is 0. The highest BCUT2D eigenvalue weighted by Gasteiger charge is 2.44. The second-order valence-corrected chi connectivity index (χ2v) is 5.79. The molecule has 0 amide bonds. The van der Waals surface area contributed by atoms with Crippen LogP contribution in [0.4, 0.5) is 0 Å². The van der Waals surface area contributed by atoms with Gasteiger partial charge in [-0.05, 0) is 46.7 Å². The van der Waals surface area contributed by atoms with Crippen molar-refractivity contribution in [2.45, 2.75) is 59.4 Å². The highest BCUT2D eigenvalue weighted by atomic mass is 16.1. The fourth-order valence-corrected chi connectivity index (χ4v) is 2.28. The van der Waals surface area contributed by atoms with E-state index < -0.39 is 0 Å². The second kappa shape index (κ2) is 4.25. The van der Waals surface area contributed by atoms with E-state index in [0.29, 0.717) is 0 Å². The van der Waals surface area contributed by atoms with E-state index in [1.165, 1.54) is 19.3 Å². The van der Waals surface area contributed by atoms with Crippen LogP contribution in [0.1, 0.15) is 53.9 Å². The Morgan fingerprint density at radius 3 is 1.87 bits per heavy atom. The predicted molar refractivity (Wildman–Crippen MR) is 64.0 cm³/mol. The summed E-state index contributed by atoms with van der Waals surface area (Å²) in [6.45, 7) is 12.6. The molecule has 1 aliphatic heterocycles. The van der Waals surface area contributed by atoms with Crippen molar-refractivity contribution >= 4 is 5.78 Å². The molecule has 0 aromatic rings. The van der Waals surface area contributed by atoms with Gasteiger partial charge in [0.1, 0.15) is 5.78 Å². The van der Waals surface area contributed by atoms with Gasteiger partial charge < -0.3 is 0 Å². The van der Waals surface area contributed by atoms with Gasteiger partial charge in [0, 0.05) is 11.0 Å². The number of hydrogen-bond acceptors (Lipinski definition) is 2. The fraction of sp³-hybridized carbons (Fsp3) is 0.923. The summed E-state index contributed by atoms with van der Waals surface area (Å²) in [6.07, 6.45) is 3.89. The Labute approximate surface area is 94.0 Å². The largest absolute Gasteiger partial charge is 0.299 e. The van der Waals surface area contributed by atoms with Crippen molar-refractivity contribution in [3.8, 4) is 0 Å². The molecule has 0 aliphatic carbocycles. The van der Waals surface area contributed by atoms with Crippen molar-refractivity contribution in [1.29, 1.82) is 0 Å². The van der Waals surface area contributed by atoms with Crippen LogP contribution in [0.3, 0.4) is 0 Å². The molecule has 1 heterocycles. The Morgan fingerprint density at radius 1 is 1.00 bits per heavy atom. The zero-order valence-corrected chi connectivity index (χ0v) is 10.9. The average Bonchev–Trinajstić information content (AvgIpc) is 2.18. The van der Waals surface area contributed by atoms with Crippen molar-refractivity contribution in [3.05, 3.63) is 0 Å². The number of piperidine rings is 1. The van der Waals surface area contributed by atoms with Gasteiger partial charge in [-0.15, -0.1) is 0 Å². The van der Waals surface area contributed by atoms with E-state index in [1.807, 2.05) is 0 Å². The molecule has 0 spiro atoms. The van der Waals surface area contributed by atoms with Crippen LogP contribution in [0, 0.1) is 5.41 Å². The first-order chi connectivity index (χ1) is 6.80. The minimum Gasteiger partial charge on any atom is -0.299 e. The Hall–Kier alpha value is -0.370. The molecule has 2 nitrogen and oxygen atoms in total.